The van der Waals surface area contributed by atoms with Crippen molar-refractivity contribution < 1.29 is 43.2 Å². The quantitative estimate of drug-likeness (QED) is 0.255. The van der Waals surface area contributed by atoms with Gasteiger partial charge in [0.05, 0.1) is 4.92 Å². The SMILES string of the molecule is Cc1cc([N+](=O)[O-])cc(S(=O)[O-])c1.[Na+]. The standard InChI is InChI=1S/C7H7NO4S.Na/c1-5-2-6(8(9)10)4-7(3-5)13(11)12;/h2-4H,1H3,(H,11,12);/q;+1/p-1. The van der Waals surface area contributed by atoms with Crippen LogP contribution in [0.3, 0.4) is 0 Å². The van der Waals surface area contributed by atoms with Crippen LogP contribution in [-0.4, -0.2) is 13.7 Å². The van der Waals surface area contributed by atoms with Crippen molar-refractivity contribution in [1.29, 1.82) is 0 Å². The number of nitrogens with zero attached hydrogens (tertiary/aromatic N) is 1. The fourth-order valence-corrected chi connectivity index (χ4v) is 1.43. The minimum atomic E-state index is -2.42. The van der Waals surface area contributed by atoms with Gasteiger partial charge in [0.15, 0.2) is 0 Å². The van der Waals surface area contributed by atoms with E-state index in [0.29, 0.717) is 5.56 Å². The predicted octanol–water partition coefficient (Wildman–Crippen LogP) is -1.85. The van der Waals surface area contributed by atoms with Crippen molar-refractivity contribution in [1.82, 2.24) is 0 Å². The predicted molar refractivity (Wildman–Crippen MR) is 45.0 cm³/mol. The van der Waals surface area contributed by atoms with E-state index in [2.05, 4.69) is 0 Å². The van der Waals surface area contributed by atoms with Crippen molar-refractivity contribution in [2.24, 2.45) is 0 Å². The number of aryl methyl sites for hydroxylation is 1. The molecule has 0 saturated heterocycles. The summed E-state index contributed by atoms with van der Waals surface area (Å²) in [6, 6.07) is 3.71. The van der Waals surface area contributed by atoms with Crippen LogP contribution in [0, 0.1) is 17.0 Å². The van der Waals surface area contributed by atoms with Gasteiger partial charge in [0.25, 0.3) is 5.69 Å². The average molecular weight is 223 g/mol. The van der Waals surface area contributed by atoms with Gasteiger partial charge in [-0.2, -0.15) is 0 Å². The van der Waals surface area contributed by atoms with Crippen LogP contribution >= 0.6 is 0 Å². The van der Waals surface area contributed by atoms with Crippen molar-refractivity contribution in [2.75, 3.05) is 0 Å². The number of hydrogen-bond acceptors (Lipinski definition) is 4. The molecule has 0 spiro atoms. The van der Waals surface area contributed by atoms with Gasteiger partial charge >= 0.3 is 29.6 Å². The third kappa shape index (κ3) is 3.47. The first-order valence-corrected chi connectivity index (χ1v) is 4.43. The summed E-state index contributed by atoms with van der Waals surface area (Å²) >= 11 is -2.42. The number of hydrogen-bond donors (Lipinski definition) is 0. The van der Waals surface area contributed by atoms with Crippen LogP contribution in [0.1, 0.15) is 5.56 Å². The Balaban J connectivity index is 0.00000169. The molecule has 1 aromatic carbocycles. The second kappa shape index (κ2) is 5.57. The molecular formula is C7H6NNaO4S. The molecule has 1 rings (SSSR count). The molecule has 0 heterocycles. The summed E-state index contributed by atoms with van der Waals surface area (Å²) in [5, 5.41) is 10.3. The molecular weight excluding hydrogens is 217 g/mol. The van der Waals surface area contributed by atoms with E-state index < -0.39 is 16.0 Å². The molecule has 0 bridgehead atoms. The molecule has 1 atom stereocenters. The molecule has 0 saturated carbocycles. The van der Waals surface area contributed by atoms with Gasteiger partial charge in [-0.3, -0.25) is 14.3 Å². The minimum Gasteiger partial charge on any atom is -0.768 e. The second-order valence-corrected chi connectivity index (χ2v) is 3.44. The van der Waals surface area contributed by atoms with Crippen molar-refractivity contribution >= 4 is 16.8 Å². The smallest absolute Gasteiger partial charge is 0.768 e. The van der Waals surface area contributed by atoms with Gasteiger partial charge in [0, 0.05) is 17.0 Å². The van der Waals surface area contributed by atoms with Gasteiger partial charge in [-0.05, 0) is 29.6 Å². The Bertz CT molecular complexity index is 350. The van der Waals surface area contributed by atoms with Crippen molar-refractivity contribution in [2.45, 2.75) is 11.8 Å². The van der Waals surface area contributed by atoms with E-state index in [9.17, 15) is 18.9 Å². The van der Waals surface area contributed by atoms with Crippen molar-refractivity contribution in [3.63, 3.8) is 0 Å². The van der Waals surface area contributed by atoms with Gasteiger partial charge < -0.3 is 4.55 Å². The summed E-state index contributed by atoms with van der Waals surface area (Å²) in [6.45, 7) is 1.60. The number of rotatable bonds is 2. The van der Waals surface area contributed by atoms with E-state index in [4.69, 9.17) is 0 Å². The third-order valence-electron chi connectivity index (χ3n) is 1.44. The van der Waals surface area contributed by atoms with Crippen molar-refractivity contribution in [3.8, 4) is 0 Å². The summed E-state index contributed by atoms with van der Waals surface area (Å²) in [5.41, 5.74) is 0.340. The zero-order chi connectivity index (χ0) is 10.0. The van der Waals surface area contributed by atoms with Crippen molar-refractivity contribution in [3.05, 3.63) is 33.9 Å². The molecule has 0 fully saturated rings. The number of nitro groups is 1. The normalized spacial score (nSPS) is 11.6. The molecule has 0 N–H and O–H groups in total. The summed E-state index contributed by atoms with van der Waals surface area (Å²) in [7, 11) is 0. The van der Waals surface area contributed by atoms with E-state index in [0.717, 1.165) is 6.07 Å². The zero-order valence-corrected chi connectivity index (χ0v) is 10.5. The fourth-order valence-electron chi connectivity index (χ4n) is 0.930. The molecule has 5 nitrogen and oxygen atoms in total. The third-order valence-corrected chi connectivity index (χ3v) is 2.06. The first-order valence-electron chi connectivity index (χ1n) is 3.36. The van der Waals surface area contributed by atoms with Gasteiger partial charge in [-0.1, -0.05) is 0 Å². The van der Waals surface area contributed by atoms with Crippen LogP contribution in [0.5, 0.6) is 0 Å². The van der Waals surface area contributed by atoms with Crippen LogP contribution in [0.4, 0.5) is 5.69 Å². The average Bonchev–Trinajstić information content (AvgIpc) is 2.03. The topological polar surface area (TPSA) is 83.3 Å². The molecule has 0 radical (unpaired) electrons. The molecule has 0 aliphatic carbocycles. The van der Waals surface area contributed by atoms with E-state index in [-0.39, 0.29) is 40.1 Å². The van der Waals surface area contributed by atoms with Crippen LogP contribution in [-0.2, 0) is 11.1 Å². The zero-order valence-electron chi connectivity index (χ0n) is 7.72. The molecule has 0 aliphatic rings. The summed E-state index contributed by atoms with van der Waals surface area (Å²) in [5.74, 6) is 0. The Morgan fingerprint density at radius 1 is 1.36 bits per heavy atom. The minimum absolute atomic E-state index is 0. The van der Waals surface area contributed by atoms with E-state index in [1.165, 1.54) is 12.1 Å². The number of benzene rings is 1. The van der Waals surface area contributed by atoms with Crippen LogP contribution in [0.2, 0.25) is 0 Å². The van der Waals surface area contributed by atoms with E-state index >= 15 is 0 Å². The van der Waals surface area contributed by atoms with E-state index in [1.807, 2.05) is 0 Å². The first kappa shape index (κ1) is 13.7. The molecule has 0 aromatic heterocycles. The van der Waals surface area contributed by atoms with Gasteiger partial charge in [-0.15, -0.1) is 0 Å². The monoisotopic (exact) mass is 223 g/mol. The molecule has 7 heteroatoms. The fraction of sp³-hybridized carbons (Fsp3) is 0.143. The first-order chi connectivity index (χ1) is 6.00. The Labute approximate surface area is 105 Å². The molecule has 70 valence electrons. The largest absolute Gasteiger partial charge is 1.00 e. The molecule has 14 heavy (non-hydrogen) atoms. The second-order valence-electron chi connectivity index (χ2n) is 2.50. The number of non-ortho nitro benzene ring substituents is 1. The maximum absolute atomic E-state index is 10.5. The molecule has 0 amide bonds. The Morgan fingerprint density at radius 2 is 1.93 bits per heavy atom. The summed E-state index contributed by atoms with van der Waals surface area (Å²) in [6.07, 6.45) is 0. The van der Waals surface area contributed by atoms with Crippen LogP contribution < -0.4 is 29.6 Å². The van der Waals surface area contributed by atoms with Gasteiger partial charge in [0.2, 0.25) is 0 Å². The Hall–Kier alpha value is -0.270. The Kier molecular flexibility index (Phi) is 5.46. The maximum atomic E-state index is 10.5. The summed E-state index contributed by atoms with van der Waals surface area (Å²) in [4.78, 5) is 9.65. The van der Waals surface area contributed by atoms with E-state index in [1.54, 1.807) is 6.92 Å². The number of nitro benzene ring substituents is 1. The Morgan fingerprint density at radius 3 is 2.36 bits per heavy atom. The molecule has 0 aliphatic heterocycles. The molecule has 1 unspecified atom stereocenters. The van der Waals surface area contributed by atoms with Gasteiger partial charge in [0.1, 0.15) is 0 Å². The van der Waals surface area contributed by atoms with Gasteiger partial charge in [-0.25, -0.2) is 0 Å². The molecule has 1 aromatic rings. The maximum Gasteiger partial charge on any atom is 1.00 e. The van der Waals surface area contributed by atoms with Crippen LogP contribution in [0.25, 0.3) is 0 Å². The summed E-state index contributed by atoms with van der Waals surface area (Å²) < 4.78 is 21.0. The van der Waals surface area contributed by atoms with Crippen LogP contribution in [0.15, 0.2) is 23.1 Å².